The van der Waals surface area contributed by atoms with E-state index in [2.05, 4.69) is 5.32 Å². The Morgan fingerprint density at radius 3 is 2.61 bits per heavy atom. The van der Waals surface area contributed by atoms with Gasteiger partial charge in [-0.2, -0.15) is 0 Å². The van der Waals surface area contributed by atoms with Gasteiger partial charge in [-0.1, -0.05) is 29.3 Å². The molecule has 6 heteroatoms. The van der Waals surface area contributed by atoms with E-state index >= 15 is 0 Å². The molecule has 2 rings (SSSR count). The van der Waals surface area contributed by atoms with Gasteiger partial charge >= 0.3 is 6.09 Å². The molecule has 0 aliphatic heterocycles. The Kier molecular flexibility index (Phi) is 5.19. The van der Waals surface area contributed by atoms with Gasteiger partial charge in [0.1, 0.15) is 5.60 Å². The summed E-state index contributed by atoms with van der Waals surface area (Å²) < 4.78 is 5.23. The smallest absolute Gasteiger partial charge is 0.407 e. The summed E-state index contributed by atoms with van der Waals surface area (Å²) in [5.41, 5.74) is 0.0139. The molecule has 4 nitrogen and oxygen atoms in total. The second kappa shape index (κ2) is 6.50. The first-order valence-corrected chi connectivity index (χ1v) is 8.42. The van der Waals surface area contributed by atoms with Crippen LogP contribution in [0, 0.1) is 5.92 Å². The fourth-order valence-electron chi connectivity index (χ4n) is 3.02. The molecular formula is C17H23Cl2NO3. The third-order valence-electron chi connectivity index (χ3n) is 4.25. The monoisotopic (exact) mass is 359 g/mol. The maximum atomic E-state index is 11.8. The SMILES string of the molecule is C[C@@H](O)C1(c2ccc(Cl)c(Cl)c2)CC1CNC(=O)OC(C)(C)C. The second-order valence-electron chi connectivity index (χ2n) is 7.13. The Balaban J connectivity index is 2.05. The fraction of sp³-hybridized carbons (Fsp3) is 0.588. The number of ether oxygens (including phenoxy) is 1. The van der Waals surface area contributed by atoms with Gasteiger partial charge in [0.2, 0.25) is 0 Å². The van der Waals surface area contributed by atoms with Crippen molar-refractivity contribution < 1.29 is 14.6 Å². The number of carbonyl (C=O) groups is 1. The van der Waals surface area contributed by atoms with Crippen LogP contribution < -0.4 is 5.32 Å². The summed E-state index contributed by atoms with van der Waals surface area (Å²) >= 11 is 12.1. The Labute approximate surface area is 147 Å². The highest BCUT2D eigenvalue weighted by Gasteiger charge is 2.58. The molecule has 0 aromatic heterocycles. The van der Waals surface area contributed by atoms with Crippen LogP contribution in [0.1, 0.15) is 39.7 Å². The molecular weight excluding hydrogens is 337 g/mol. The van der Waals surface area contributed by atoms with E-state index in [4.69, 9.17) is 27.9 Å². The van der Waals surface area contributed by atoms with E-state index in [0.29, 0.717) is 16.6 Å². The van der Waals surface area contributed by atoms with Crippen molar-refractivity contribution >= 4 is 29.3 Å². The van der Waals surface area contributed by atoms with Gasteiger partial charge in [0.25, 0.3) is 0 Å². The third-order valence-corrected chi connectivity index (χ3v) is 4.99. The highest BCUT2D eigenvalue weighted by atomic mass is 35.5. The number of aliphatic hydroxyl groups excluding tert-OH is 1. The molecule has 3 atom stereocenters. The van der Waals surface area contributed by atoms with E-state index in [1.165, 1.54) is 0 Å². The number of benzene rings is 1. The van der Waals surface area contributed by atoms with Crippen LogP contribution in [0.25, 0.3) is 0 Å². The van der Waals surface area contributed by atoms with E-state index in [-0.39, 0.29) is 5.92 Å². The Bertz CT molecular complexity index is 598. The quantitative estimate of drug-likeness (QED) is 0.848. The first-order chi connectivity index (χ1) is 10.6. The molecule has 0 radical (unpaired) electrons. The maximum Gasteiger partial charge on any atom is 0.407 e. The standard InChI is InChI=1S/C17H23Cl2NO3/c1-10(21)17(11-5-6-13(18)14(19)7-11)8-12(17)9-20-15(22)23-16(2,3)4/h5-7,10,12,21H,8-9H2,1-4H3,(H,20,22)/t10-,12?,17?/m1/s1. The average molecular weight is 360 g/mol. The summed E-state index contributed by atoms with van der Waals surface area (Å²) in [6.45, 7) is 7.66. The number of amides is 1. The van der Waals surface area contributed by atoms with Gasteiger partial charge in [-0.25, -0.2) is 4.79 Å². The van der Waals surface area contributed by atoms with Gasteiger partial charge in [-0.15, -0.1) is 0 Å². The number of hydrogen-bond acceptors (Lipinski definition) is 3. The summed E-state index contributed by atoms with van der Waals surface area (Å²) in [5, 5.41) is 14.0. The van der Waals surface area contributed by atoms with Crippen molar-refractivity contribution in [3.05, 3.63) is 33.8 Å². The van der Waals surface area contributed by atoms with Crippen molar-refractivity contribution in [1.29, 1.82) is 0 Å². The molecule has 0 heterocycles. The van der Waals surface area contributed by atoms with E-state index in [9.17, 15) is 9.90 Å². The summed E-state index contributed by atoms with van der Waals surface area (Å²) in [4.78, 5) is 11.8. The average Bonchev–Trinajstić information content (AvgIpc) is 3.13. The van der Waals surface area contributed by atoms with Crippen LogP contribution in [0.15, 0.2) is 18.2 Å². The lowest BCUT2D eigenvalue weighted by Gasteiger charge is -2.23. The third kappa shape index (κ3) is 4.11. The van der Waals surface area contributed by atoms with Crippen molar-refractivity contribution in [2.45, 2.75) is 51.2 Å². The molecule has 128 valence electrons. The van der Waals surface area contributed by atoms with Crippen LogP contribution in [-0.2, 0) is 10.2 Å². The lowest BCUT2D eigenvalue weighted by Crippen LogP contribution is -2.35. The first-order valence-electron chi connectivity index (χ1n) is 7.66. The van der Waals surface area contributed by atoms with Crippen LogP contribution in [0.3, 0.4) is 0 Å². The normalized spacial score (nSPS) is 24.9. The Morgan fingerprint density at radius 1 is 1.43 bits per heavy atom. The van der Waals surface area contributed by atoms with Gasteiger partial charge in [-0.3, -0.25) is 0 Å². The summed E-state index contributed by atoms with van der Waals surface area (Å²) in [6, 6.07) is 5.42. The zero-order chi connectivity index (χ0) is 17.4. The minimum atomic E-state index is -0.551. The maximum absolute atomic E-state index is 11.8. The van der Waals surface area contributed by atoms with Gasteiger partial charge < -0.3 is 15.2 Å². The van der Waals surface area contributed by atoms with E-state index in [1.54, 1.807) is 19.1 Å². The minimum Gasteiger partial charge on any atom is -0.444 e. The molecule has 1 aliphatic carbocycles. The predicted molar refractivity (Wildman–Crippen MR) is 92.2 cm³/mol. The molecule has 2 unspecified atom stereocenters. The number of halogens is 2. The minimum absolute atomic E-state index is 0.132. The summed E-state index contributed by atoms with van der Waals surface area (Å²) in [7, 11) is 0. The highest BCUT2D eigenvalue weighted by molar-refractivity contribution is 6.42. The van der Waals surface area contributed by atoms with Crippen molar-refractivity contribution in [1.82, 2.24) is 5.32 Å². The van der Waals surface area contributed by atoms with Crippen LogP contribution in [0.4, 0.5) is 4.79 Å². The molecule has 1 amide bonds. The number of rotatable bonds is 4. The number of aliphatic hydroxyl groups is 1. The largest absolute Gasteiger partial charge is 0.444 e. The zero-order valence-corrected chi connectivity index (χ0v) is 15.3. The van der Waals surface area contributed by atoms with Crippen molar-refractivity contribution in [3.8, 4) is 0 Å². The number of nitrogens with one attached hydrogen (secondary N) is 1. The Hall–Kier alpha value is -0.970. The summed E-state index contributed by atoms with van der Waals surface area (Å²) in [5.74, 6) is 0.132. The molecule has 2 N–H and O–H groups in total. The lowest BCUT2D eigenvalue weighted by molar-refractivity contribution is 0.0520. The van der Waals surface area contributed by atoms with Gasteiger partial charge in [0.05, 0.1) is 16.1 Å². The number of alkyl carbamates (subject to hydrolysis) is 1. The van der Waals surface area contributed by atoms with Crippen molar-refractivity contribution in [2.75, 3.05) is 6.54 Å². The Morgan fingerprint density at radius 2 is 2.09 bits per heavy atom. The molecule has 1 aromatic rings. The first kappa shape index (κ1) is 18.4. The van der Waals surface area contributed by atoms with Crippen LogP contribution >= 0.6 is 23.2 Å². The molecule has 1 fully saturated rings. The van der Waals surface area contributed by atoms with E-state index in [1.807, 2.05) is 26.8 Å². The second-order valence-corrected chi connectivity index (χ2v) is 7.94. The van der Waals surface area contributed by atoms with E-state index < -0.39 is 23.2 Å². The zero-order valence-electron chi connectivity index (χ0n) is 13.8. The topological polar surface area (TPSA) is 58.6 Å². The molecule has 23 heavy (non-hydrogen) atoms. The number of hydrogen-bond donors (Lipinski definition) is 2. The molecule has 0 spiro atoms. The molecule has 0 saturated heterocycles. The van der Waals surface area contributed by atoms with E-state index in [0.717, 1.165) is 12.0 Å². The fourth-order valence-corrected chi connectivity index (χ4v) is 3.31. The van der Waals surface area contributed by atoms with Crippen LogP contribution in [0.2, 0.25) is 10.0 Å². The van der Waals surface area contributed by atoms with Crippen molar-refractivity contribution in [2.24, 2.45) is 5.92 Å². The highest BCUT2D eigenvalue weighted by Crippen LogP contribution is 2.57. The molecule has 1 aromatic carbocycles. The lowest BCUT2D eigenvalue weighted by atomic mass is 9.88. The van der Waals surface area contributed by atoms with Crippen LogP contribution in [-0.4, -0.2) is 29.4 Å². The van der Waals surface area contributed by atoms with Crippen molar-refractivity contribution in [3.63, 3.8) is 0 Å². The van der Waals surface area contributed by atoms with Gasteiger partial charge in [0.15, 0.2) is 0 Å². The molecule has 1 saturated carbocycles. The van der Waals surface area contributed by atoms with Crippen LogP contribution in [0.5, 0.6) is 0 Å². The molecule has 0 bridgehead atoms. The molecule has 1 aliphatic rings. The van der Waals surface area contributed by atoms with Gasteiger partial charge in [0, 0.05) is 12.0 Å². The number of carbonyl (C=O) groups excluding carboxylic acids is 1. The predicted octanol–water partition coefficient (Wildman–Crippen LogP) is 4.16. The summed E-state index contributed by atoms with van der Waals surface area (Å²) in [6.07, 6.45) is -0.221. The van der Waals surface area contributed by atoms with Gasteiger partial charge in [-0.05, 0) is 57.7 Å².